The molecule has 0 aromatic heterocycles. The zero-order valence-corrected chi connectivity index (χ0v) is 10.8. The van der Waals surface area contributed by atoms with Crippen molar-refractivity contribution >= 4 is 11.7 Å². The minimum atomic E-state index is -2.95. The Morgan fingerprint density at radius 2 is 2.25 bits per heavy atom. The van der Waals surface area contributed by atoms with E-state index in [2.05, 4.69) is 9.89 Å². The van der Waals surface area contributed by atoms with Gasteiger partial charge < -0.3 is 20.6 Å². The van der Waals surface area contributed by atoms with Gasteiger partial charge >= 0.3 is 6.61 Å². The maximum absolute atomic E-state index is 12.1. The molecule has 1 aromatic carbocycles. The van der Waals surface area contributed by atoms with E-state index in [1.54, 1.807) is 0 Å². The van der Waals surface area contributed by atoms with Crippen LogP contribution in [-0.4, -0.2) is 42.1 Å². The van der Waals surface area contributed by atoms with Crippen molar-refractivity contribution in [3.05, 3.63) is 29.8 Å². The van der Waals surface area contributed by atoms with E-state index >= 15 is 0 Å². The number of oxime groups is 1. The highest BCUT2D eigenvalue weighted by atomic mass is 19.3. The van der Waals surface area contributed by atoms with Crippen molar-refractivity contribution in [3.63, 3.8) is 0 Å². The summed E-state index contributed by atoms with van der Waals surface area (Å²) in [6.45, 7) is -2.71. The highest BCUT2D eigenvalue weighted by molar-refractivity contribution is 5.94. The van der Waals surface area contributed by atoms with Crippen LogP contribution in [0.1, 0.15) is 16.8 Å². The van der Waals surface area contributed by atoms with Crippen LogP contribution in [0.15, 0.2) is 29.4 Å². The summed E-state index contributed by atoms with van der Waals surface area (Å²) in [4.78, 5) is 13.4. The third-order valence-electron chi connectivity index (χ3n) is 2.48. The first-order chi connectivity index (χ1) is 9.43. The number of amidine groups is 1. The lowest BCUT2D eigenvalue weighted by Crippen LogP contribution is -2.30. The van der Waals surface area contributed by atoms with Crippen LogP contribution in [-0.2, 0) is 0 Å². The number of amides is 1. The summed E-state index contributed by atoms with van der Waals surface area (Å²) in [6, 6.07) is 5.50. The summed E-state index contributed by atoms with van der Waals surface area (Å²) in [6.07, 6.45) is 0.200. The molecule has 0 unspecified atom stereocenters. The van der Waals surface area contributed by atoms with E-state index in [9.17, 15) is 13.6 Å². The topological polar surface area (TPSA) is 88.1 Å². The van der Waals surface area contributed by atoms with Gasteiger partial charge in [0, 0.05) is 25.6 Å². The van der Waals surface area contributed by atoms with Crippen molar-refractivity contribution in [2.45, 2.75) is 13.0 Å². The summed E-state index contributed by atoms with van der Waals surface area (Å²) in [5.74, 6) is -0.467. The van der Waals surface area contributed by atoms with Crippen LogP contribution in [0.25, 0.3) is 0 Å². The molecule has 3 N–H and O–H groups in total. The molecule has 0 saturated carbocycles. The second kappa shape index (κ2) is 7.27. The predicted molar refractivity (Wildman–Crippen MR) is 68.1 cm³/mol. The lowest BCUT2D eigenvalue weighted by molar-refractivity contribution is -0.0499. The molecule has 0 aliphatic carbocycles. The molecule has 8 heteroatoms. The van der Waals surface area contributed by atoms with Crippen molar-refractivity contribution in [2.75, 3.05) is 13.6 Å². The number of hydrogen-bond acceptors (Lipinski definition) is 4. The third kappa shape index (κ3) is 4.71. The zero-order valence-electron chi connectivity index (χ0n) is 10.8. The van der Waals surface area contributed by atoms with Crippen LogP contribution in [0.3, 0.4) is 0 Å². The molecule has 0 atom stereocenters. The first-order valence-corrected chi connectivity index (χ1v) is 5.70. The fourth-order valence-electron chi connectivity index (χ4n) is 1.46. The van der Waals surface area contributed by atoms with Gasteiger partial charge in [0.25, 0.3) is 5.91 Å². The molecule has 0 fully saturated rings. The largest absolute Gasteiger partial charge is 0.435 e. The molecule has 0 bridgehead atoms. The number of nitrogens with two attached hydrogens (primary N) is 1. The Kier molecular flexibility index (Phi) is 5.70. The second-order valence-electron chi connectivity index (χ2n) is 3.97. The van der Waals surface area contributed by atoms with Crippen LogP contribution in [0.5, 0.6) is 5.75 Å². The van der Waals surface area contributed by atoms with Crippen molar-refractivity contribution in [1.82, 2.24) is 4.90 Å². The Morgan fingerprint density at radius 3 is 2.85 bits per heavy atom. The van der Waals surface area contributed by atoms with Gasteiger partial charge in [0.1, 0.15) is 11.6 Å². The van der Waals surface area contributed by atoms with Crippen LogP contribution < -0.4 is 10.5 Å². The molecule has 0 radical (unpaired) electrons. The number of benzene rings is 1. The molecule has 0 aliphatic rings. The van der Waals surface area contributed by atoms with Crippen LogP contribution in [0.4, 0.5) is 8.78 Å². The molecule has 1 rings (SSSR count). The molecule has 6 nitrogen and oxygen atoms in total. The van der Waals surface area contributed by atoms with Crippen LogP contribution >= 0.6 is 0 Å². The van der Waals surface area contributed by atoms with Crippen molar-refractivity contribution in [3.8, 4) is 5.75 Å². The van der Waals surface area contributed by atoms with Gasteiger partial charge in [-0.3, -0.25) is 4.79 Å². The monoisotopic (exact) mass is 287 g/mol. The Morgan fingerprint density at radius 1 is 1.55 bits per heavy atom. The molecule has 1 aromatic rings. The average Bonchev–Trinajstić information content (AvgIpc) is 2.43. The first kappa shape index (κ1) is 15.7. The average molecular weight is 287 g/mol. The minimum Gasteiger partial charge on any atom is -0.435 e. The van der Waals surface area contributed by atoms with Gasteiger partial charge in [0.05, 0.1) is 0 Å². The Hall–Kier alpha value is -2.38. The summed E-state index contributed by atoms with van der Waals surface area (Å²) in [5.41, 5.74) is 5.51. The van der Waals surface area contributed by atoms with Gasteiger partial charge in [-0.15, -0.1) is 0 Å². The van der Waals surface area contributed by atoms with E-state index in [4.69, 9.17) is 10.9 Å². The smallest absolute Gasteiger partial charge is 0.387 e. The van der Waals surface area contributed by atoms with Gasteiger partial charge in [-0.1, -0.05) is 11.2 Å². The molecule has 0 saturated heterocycles. The molecular weight excluding hydrogens is 272 g/mol. The maximum atomic E-state index is 12.1. The lowest BCUT2D eigenvalue weighted by Gasteiger charge is -2.17. The summed E-state index contributed by atoms with van der Waals surface area (Å²) in [5, 5.41) is 11.2. The van der Waals surface area contributed by atoms with Crippen molar-refractivity contribution in [2.24, 2.45) is 10.9 Å². The highest BCUT2D eigenvalue weighted by Gasteiger charge is 2.13. The van der Waals surface area contributed by atoms with E-state index in [0.29, 0.717) is 0 Å². The second-order valence-corrected chi connectivity index (χ2v) is 3.97. The van der Waals surface area contributed by atoms with Gasteiger partial charge in [-0.2, -0.15) is 8.78 Å². The third-order valence-corrected chi connectivity index (χ3v) is 2.48. The number of halogens is 2. The van der Waals surface area contributed by atoms with Gasteiger partial charge in [0.2, 0.25) is 0 Å². The van der Waals surface area contributed by atoms with Gasteiger partial charge in [-0.05, 0) is 18.2 Å². The van der Waals surface area contributed by atoms with Crippen LogP contribution in [0, 0.1) is 0 Å². The number of alkyl halides is 2. The number of hydrogen-bond donors (Lipinski definition) is 2. The summed E-state index contributed by atoms with van der Waals surface area (Å²) in [7, 11) is 1.52. The maximum Gasteiger partial charge on any atom is 0.387 e. The highest BCUT2D eigenvalue weighted by Crippen LogP contribution is 2.17. The summed E-state index contributed by atoms with van der Waals surface area (Å²) >= 11 is 0. The number of rotatable bonds is 6. The number of ether oxygens (including phenoxy) is 1. The zero-order chi connectivity index (χ0) is 15.1. The van der Waals surface area contributed by atoms with Gasteiger partial charge in [0.15, 0.2) is 0 Å². The fourth-order valence-corrected chi connectivity index (χ4v) is 1.46. The number of carbonyl (C=O) groups is 1. The van der Waals surface area contributed by atoms with E-state index in [-0.39, 0.29) is 36.0 Å². The molecule has 0 aliphatic heterocycles. The lowest BCUT2D eigenvalue weighted by atomic mass is 10.2. The predicted octanol–water partition coefficient (Wildman–Crippen LogP) is 1.50. The Labute approximate surface area is 114 Å². The Bertz CT molecular complexity index is 495. The minimum absolute atomic E-state index is 0.000524. The van der Waals surface area contributed by atoms with Crippen molar-refractivity contribution < 1.29 is 23.5 Å². The molecule has 0 heterocycles. The molecule has 1 amide bonds. The fraction of sp³-hybridized carbons (Fsp3) is 0.333. The van der Waals surface area contributed by atoms with E-state index in [1.807, 2.05) is 0 Å². The van der Waals surface area contributed by atoms with Gasteiger partial charge in [-0.25, -0.2) is 0 Å². The molecule has 110 valence electrons. The van der Waals surface area contributed by atoms with Crippen LogP contribution in [0.2, 0.25) is 0 Å². The molecule has 0 spiro atoms. The van der Waals surface area contributed by atoms with E-state index in [0.717, 1.165) is 0 Å². The Balaban J connectivity index is 2.71. The number of carbonyl (C=O) groups excluding carboxylic acids is 1. The van der Waals surface area contributed by atoms with E-state index in [1.165, 1.54) is 36.2 Å². The first-order valence-electron chi connectivity index (χ1n) is 5.70. The molecular formula is C12H15F2N3O3. The normalized spacial score (nSPS) is 11.5. The van der Waals surface area contributed by atoms with E-state index < -0.39 is 6.61 Å². The van der Waals surface area contributed by atoms with Crippen molar-refractivity contribution in [1.29, 1.82) is 0 Å². The summed E-state index contributed by atoms with van der Waals surface area (Å²) < 4.78 is 28.4. The molecule has 20 heavy (non-hydrogen) atoms. The standard InChI is InChI=1S/C12H15F2N3O3/c1-17(6-5-10(15)16-19)11(18)8-3-2-4-9(7-8)20-12(13)14/h2-4,7,12,19H,5-6H2,1H3,(H2,15,16). The number of nitrogens with zero attached hydrogens (tertiary/aromatic N) is 2. The SMILES string of the molecule is CN(CC/C(N)=N/O)C(=O)c1cccc(OC(F)F)c1. The quantitative estimate of drug-likeness (QED) is 0.359.